The quantitative estimate of drug-likeness (QED) is 0.260. The molecule has 2 fully saturated rings. The van der Waals surface area contributed by atoms with Gasteiger partial charge in [0.1, 0.15) is 12.6 Å². The lowest BCUT2D eigenvalue weighted by atomic mass is 10.0. The summed E-state index contributed by atoms with van der Waals surface area (Å²) in [5.74, 6) is -1.03. The minimum atomic E-state index is -4.88. The van der Waals surface area contributed by atoms with Crippen LogP contribution in [0.2, 0.25) is 0 Å². The Hall–Kier alpha value is -2.89. The van der Waals surface area contributed by atoms with Crippen molar-refractivity contribution in [1.29, 1.82) is 0 Å². The molecule has 0 saturated carbocycles. The number of urea groups is 1. The van der Waals surface area contributed by atoms with E-state index in [9.17, 15) is 22.8 Å². The molecule has 4 amide bonds. The second-order valence-corrected chi connectivity index (χ2v) is 7.01. The molecule has 2 bridgehead atoms. The van der Waals surface area contributed by atoms with Gasteiger partial charge < -0.3 is 10.6 Å². The van der Waals surface area contributed by atoms with E-state index in [0.29, 0.717) is 5.06 Å². The normalized spacial score (nSPS) is 21.7. The summed E-state index contributed by atoms with van der Waals surface area (Å²) < 4.78 is 35.9. The summed E-state index contributed by atoms with van der Waals surface area (Å²) in [7, 11) is -4.88. The van der Waals surface area contributed by atoms with E-state index in [1.807, 2.05) is 0 Å². The van der Waals surface area contributed by atoms with Gasteiger partial charge in [-0.25, -0.2) is 9.48 Å². The van der Waals surface area contributed by atoms with E-state index in [4.69, 9.17) is 10.3 Å². The predicted octanol–water partition coefficient (Wildman–Crippen LogP) is -3.72. The lowest BCUT2D eigenvalue weighted by molar-refractivity contribution is -0.132. The minimum absolute atomic E-state index is 0.0229. The fourth-order valence-corrected chi connectivity index (χ4v) is 3.37. The van der Waals surface area contributed by atoms with Crippen LogP contribution in [0, 0.1) is 0 Å². The topological polar surface area (TPSA) is 215 Å². The lowest BCUT2D eigenvalue weighted by Crippen LogP contribution is -2.54. The van der Waals surface area contributed by atoms with Gasteiger partial charge in [-0.2, -0.15) is 13.5 Å². The molecular formula is C11H17N9O7S. The number of hydroxylamine groups is 2. The van der Waals surface area contributed by atoms with Crippen LogP contribution in [0.15, 0.2) is 0 Å². The Bertz CT molecular complexity index is 887. The summed E-state index contributed by atoms with van der Waals surface area (Å²) in [6.07, 6.45) is 0.460. The minimum Gasteiger partial charge on any atom is -0.324 e. The lowest BCUT2D eigenvalue weighted by Gasteiger charge is -2.29. The molecule has 5 N–H and O–H groups in total. The van der Waals surface area contributed by atoms with Crippen LogP contribution < -0.4 is 16.6 Å². The number of rotatable bonds is 6. The molecule has 3 rings (SSSR count). The summed E-state index contributed by atoms with van der Waals surface area (Å²) in [6.45, 7) is -0.231. The van der Waals surface area contributed by atoms with Crippen molar-refractivity contribution in [3.05, 3.63) is 5.82 Å². The Labute approximate surface area is 157 Å². The van der Waals surface area contributed by atoms with Crippen molar-refractivity contribution in [2.24, 2.45) is 5.73 Å². The number of fused-ring (bicyclic) bond motifs is 2. The van der Waals surface area contributed by atoms with Crippen LogP contribution in [0.25, 0.3) is 0 Å². The Morgan fingerprint density at radius 2 is 2.07 bits per heavy atom. The van der Waals surface area contributed by atoms with Gasteiger partial charge in [0.15, 0.2) is 5.82 Å². The number of carbonyl (C=O) groups is 3. The highest BCUT2D eigenvalue weighted by Gasteiger charge is 2.49. The zero-order valence-electron chi connectivity index (χ0n) is 14.3. The number of hydrazine groups is 1. The molecule has 0 aliphatic carbocycles. The number of amides is 4. The zero-order chi connectivity index (χ0) is 20.5. The number of aromatic nitrogens is 4. The molecule has 0 unspecified atom stereocenters. The van der Waals surface area contributed by atoms with Crippen LogP contribution >= 0.6 is 0 Å². The average molecular weight is 419 g/mol. The van der Waals surface area contributed by atoms with E-state index in [2.05, 4.69) is 30.7 Å². The highest BCUT2D eigenvalue weighted by Crippen LogP contribution is 2.30. The first-order valence-corrected chi connectivity index (χ1v) is 9.36. The molecule has 0 spiro atoms. The molecule has 154 valence electrons. The first-order chi connectivity index (χ1) is 13.2. The molecular weight excluding hydrogens is 402 g/mol. The van der Waals surface area contributed by atoms with Crippen molar-refractivity contribution < 1.29 is 31.6 Å². The Morgan fingerprint density at radius 1 is 1.32 bits per heavy atom. The van der Waals surface area contributed by atoms with Gasteiger partial charge >= 0.3 is 16.4 Å². The molecule has 1 aromatic rings. The van der Waals surface area contributed by atoms with E-state index in [0.717, 1.165) is 9.58 Å². The zero-order valence-corrected chi connectivity index (χ0v) is 15.1. The highest BCUT2D eigenvalue weighted by atomic mass is 32.3. The number of carbonyl (C=O) groups excluding carboxylic acids is 3. The maximum absolute atomic E-state index is 12.3. The van der Waals surface area contributed by atoms with Gasteiger partial charge in [-0.05, 0) is 23.3 Å². The van der Waals surface area contributed by atoms with E-state index in [1.165, 1.54) is 0 Å². The van der Waals surface area contributed by atoms with Crippen molar-refractivity contribution in [2.75, 3.05) is 6.54 Å². The fraction of sp³-hybridized carbons (Fsp3) is 0.636. The van der Waals surface area contributed by atoms with Crippen LogP contribution in [0.5, 0.6) is 0 Å². The fourth-order valence-electron chi connectivity index (χ4n) is 2.99. The molecule has 0 aromatic carbocycles. The van der Waals surface area contributed by atoms with Gasteiger partial charge in [0.25, 0.3) is 11.8 Å². The smallest absolute Gasteiger partial charge is 0.324 e. The van der Waals surface area contributed by atoms with E-state index >= 15 is 0 Å². The van der Waals surface area contributed by atoms with Gasteiger partial charge in [0.2, 0.25) is 0 Å². The maximum atomic E-state index is 12.3. The van der Waals surface area contributed by atoms with Gasteiger partial charge in [0.05, 0.1) is 12.6 Å². The number of hydrogen-bond donors (Lipinski definition) is 4. The number of hydrogen-bond acceptors (Lipinski definition) is 10. The second-order valence-electron chi connectivity index (χ2n) is 6.00. The first-order valence-electron chi connectivity index (χ1n) is 8.00. The van der Waals surface area contributed by atoms with Gasteiger partial charge in [-0.1, -0.05) is 0 Å². The third-order valence-electron chi connectivity index (χ3n) is 4.21. The van der Waals surface area contributed by atoms with Gasteiger partial charge in [0, 0.05) is 6.54 Å². The SMILES string of the molecule is NCc1nnnn1CC(=O)NNC(=O)[C@@H]1CC[C@@H]2CN1C(=O)N2OS(=O)(=O)O. The number of nitrogens with zero attached hydrogens (tertiary/aromatic N) is 6. The van der Waals surface area contributed by atoms with Crippen molar-refractivity contribution in [3.8, 4) is 0 Å². The van der Waals surface area contributed by atoms with Crippen LogP contribution in [0.4, 0.5) is 4.79 Å². The van der Waals surface area contributed by atoms with E-state index < -0.39 is 40.3 Å². The van der Waals surface area contributed by atoms with E-state index in [1.54, 1.807) is 0 Å². The average Bonchev–Trinajstić information content (AvgIpc) is 3.17. The summed E-state index contributed by atoms with van der Waals surface area (Å²) >= 11 is 0. The third-order valence-corrected chi connectivity index (χ3v) is 4.56. The van der Waals surface area contributed by atoms with Gasteiger partial charge in [-0.15, -0.1) is 9.38 Å². The summed E-state index contributed by atoms with van der Waals surface area (Å²) in [5.41, 5.74) is 9.79. The molecule has 3 heterocycles. The molecule has 2 aliphatic rings. The summed E-state index contributed by atoms with van der Waals surface area (Å²) in [6, 6.07) is -2.46. The Balaban J connectivity index is 1.55. The highest BCUT2D eigenvalue weighted by molar-refractivity contribution is 7.80. The molecule has 16 nitrogen and oxygen atoms in total. The van der Waals surface area contributed by atoms with Crippen molar-refractivity contribution in [2.45, 2.75) is 38.0 Å². The third kappa shape index (κ3) is 4.16. The summed E-state index contributed by atoms with van der Waals surface area (Å²) in [5, 5.41) is 11.1. The Kier molecular flexibility index (Phi) is 5.40. The standard InChI is InChI=1S/C11H17N9O7S/c12-3-8-13-16-17-19(8)5-9(21)14-15-10(22)7-2-1-6-4-18(7)11(23)20(6)27-28(24,25)26/h6-7H,1-5,12H2,(H,14,21)(H,15,22)(H,24,25,26)/t6-,7+/m1/s1. The first kappa shape index (κ1) is 19.9. The molecule has 28 heavy (non-hydrogen) atoms. The van der Waals surface area contributed by atoms with Crippen molar-refractivity contribution in [3.63, 3.8) is 0 Å². The van der Waals surface area contributed by atoms with Crippen molar-refractivity contribution >= 4 is 28.2 Å². The Morgan fingerprint density at radius 3 is 2.75 bits per heavy atom. The maximum Gasteiger partial charge on any atom is 0.418 e. The monoisotopic (exact) mass is 419 g/mol. The number of tetrazole rings is 1. The molecule has 2 aliphatic heterocycles. The molecule has 2 atom stereocenters. The van der Waals surface area contributed by atoms with Crippen LogP contribution in [0.3, 0.4) is 0 Å². The predicted molar refractivity (Wildman–Crippen MR) is 85.4 cm³/mol. The number of nitrogens with one attached hydrogen (secondary N) is 2. The molecule has 2 saturated heterocycles. The van der Waals surface area contributed by atoms with Crippen LogP contribution in [0.1, 0.15) is 18.7 Å². The summed E-state index contributed by atoms with van der Waals surface area (Å²) in [4.78, 5) is 37.6. The molecule has 0 radical (unpaired) electrons. The number of piperidine rings is 1. The number of nitrogens with two attached hydrogens (primary N) is 1. The van der Waals surface area contributed by atoms with Crippen LogP contribution in [-0.4, -0.2) is 79.6 Å². The van der Waals surface area contributed by atoms with Crippen molar-refractivity contribution in [1.82, 2.24) is 41.0 Å². The van der Waals surface area contributed by atoms with E-state index in [-0.39, 0.29) is 38.3 Å². The molecule has 1 aromatic heterocycles. The molecule has 17 heteroatoms. The van der Waals surface area contributed by atoms with Gasteiger partial charge in [-0.3, -0.25) is 25.0 Å². The largest absolute Gasteiger partial charge is 0.418 e. The second kappa shape index (κ2) is 7.62. The van der Waals surface area contributed by atoms with Crippen LogP contribution in [-0.2, 0) is 37.4 Å².